The van der Waals surface area contributed by atoms with Gasteiger partial charge in [0.05, 0.1) is 6.42 Å². The van der Waals surface area contributed by atoms with Crippen molar-refractivity contribution in [2.24, 2.45) is 5.92 Å². The largest absolute Gasteiger partial charge is 0.481 e. The molecule has 0 aliphatic heterocycles. The summed E-state index contributed by atoms with van der Waals surface area (Å²) in [5.41, 5.74) is 1.71. The van der Waals surface area contributed by atoms with Crippen LogP contribution in [0.1, 0.15) is 24.8 Å². The number of nitrogens with one attached hydrogen (secondary N) is 2. The predicted octanol–water partition coefficient (Wildman–Crippen LogP) is 3.13. The average molecular weight is 341 g/mol. The number of rotatable bonds is 5. The molecule has 1 aliphatic rings. The zero-order chi connectivity index (χ0) is 14.7. The van der Waals surface area contributed by atoms with Crippen LogP contribution in [0.5, 0.6) is 0 Å². The van der Waals surface area contributed by atoms with Crippen molar-refractivity contribution in [2.45, 2.75) is 32.2 Å². The Morgan fingerprint density at radius 1 is 1.40 bits per heavy atom. The number of amides is 2. The smallest absolute Gasteiger partial charge is 0.319 e. The summed E-state index contributed by atoms with van der Waals surface area (Å²) in [6.07, 6.45) is 1.93. The van der Waals surface area contributed by atoms with Gasteiger partial charge in [-0.3, -0.25) is 4.79 Å². The third-order valence-electron chi connectivity index (χ3n) is 3.20. The summed E-state index contributed by atoms with van der Waals surface area (Å²) in [4.78, 5) is 22.7. The van der Waals surface area contributed by atoms with Gasteiger partial charge in [-0.1, -0.05) is 15.9 Å². The van der Waals surface area contributed by atoms with Crippen LogP contribution in [-0.2, 0) is 4.79 Å². The molecule has 0 spiro atoms. The molecule has 20 heavy (non-hydrogen) atoms. The SMILES string of the molecule is Cc1cc(Br)cc(NC(=O)NC(CC(=O)O)C2CC2)c1. The summed E-state index contributed by atoms with van der Waals surface area (Å²) in [5, 5.41) is 14.3. The molecule has 1 aromatic rings. The summed E-state index contributed by atoms with van der Waals surface area (Å²) in [6, 6.07) is 4.95. The maximum Gasteiger partial charge on any atom is 0.319 e. The molecule has 0 heterocycles. The third kappa shape index (κ3) is 4.52. The minimum atomic E-state index is -0.888. The van der Waals surface area contributed by atoms with E-state index < -0.39 is 5.97 Å². The van der Waals surface area contributed by atoms with E-state index in [4.69, 9.17) is 5.11 Å². The first-order valence-electron chi connectivity index (χ1n) is 6.50. The molecule has 1 atom stereocenters. The second-order valence-corrected chi connectivity index (χ2v) is 6.07. The number of carboxylic acid groups (broad SMARTS) is 1. The van der Waals surface area contributed by atoms with E-state index in [1.165, 1.54) is 0 Å². The highest BCUT2D eigenvalue weighted by atomic mass is 79.9. The van der Waals surface area contributed by atoms with E-state index in [1.807, 2.05) is 19.1 Å². The summed E-state index contributed by atoms with van der Waals surface area (Å²) >= 11 is 3.37. The molecule has 5 nitrogen and oxygen atoms in total. The summed E-state index contributed by atoms with van der Waals surface area (Å²) in [5.74, 6) is -0.596. The maximum atomic E-state index is 11.9. The van der Waals surface area contributed by atoms with Crippen molar-refractivity contribution in [2.75, 3.05) is 5.32 Å². The monoisotopic (exact) mass is 340 g/mol. The maximum absolute atomic E-state index is 11.9. The van der Waals surface area contributed by atoms with Crippen LogP contribution in [0.15, 0.2) is 22.7 Å². The molecule has 2 rings (SSSR count). The van der Waals surface area contributed by atoms with Gasteiger partial charge in [-0.25, -0.2) is 4.79 Å². The lowest BCUT2D eigenvalue weighted by molar-refractivity contribution is -0.137. The van der Waals surface area contributed by atoms with Crippen molar-refractivity contribution in [3.63, 3.8) is 0 Å². The number of anilines is 1. The molecular formula is C14H17BrN2O3. The van der Waals surface area contributed by atoms with Gasteiger partial charge in [-0.2, -0.15) is 0 Å². The predicted molar refractivity (Wildman–Crippen MR) is 79.8 cm³/mol. The number of carbonyl (C=O) groups is 2. The van der Waals surface area contributed by atoms with E-state index in [9.17, 15) is 9.59 Å². The molecule has 3 N–H and O–H groups in total. The van der Waals surface area contributed by atoms with Gasteiger partial charge in [0, 0.05) is 16.2 Å². The van der Waals surface area contributed by atoms with Crippen LogP contribution in [0.4, 0.5) is 10.5 Å². The second-order valence-electron chi connectivity index (χ2n) is 5.16. The number of aliphatic carboxylic acids is 1. The lowest BCUT2D eigenvalue weighted by Crippen LogP contribution is -2.40. The number of carboxylic acids is 1. The van der Waals surface area contributed by atoms with Crippen molar-refractivity contribution >= 4 is 33.6 Å². The summed E-state index contributed by atoms with van der Waals surface area (Å²) in [7, 11) is 0. The number of aryl methyl sites for hydroxylation is 1. The Hall–Kier alpha value is -1.56. The van der Waals surface area contributed by atoms with E-state index in [-0.39, 0.29) is 18.5 Å². The van der Waals surface area contributed by atoms with Crippen LogP contribution in [0.3, 0.4) is 0 Å². The van der Waals surface area contributed by atoms with Crippen LogP contribution in [0.2, 0.25) is 0 Å². The zero-order valence-electron chi connectivity index (χ0n) is 11.1. The van der Waals surface area contributed by atoms with Crippen molar-refractivity contribution in [3.8, 4) is 0 Å². The van der Waals surface area contributed by atoms with Crippen molar-refractivity contribution < 1.29 is 14.7 Å². The van der Waals surface area contributed by atoms with E-state index >= 15 is 0 Å². The second kappa shape index (κ2) is 6.26. The Morgan fingerprint density at radius 2 is 2.10 bits per heavy atom. The third-order valence-corrected chi connectivity index (χ3v) is 3.66. The van der Waals surface area contributed by atoms with E-state index in [2.05, 4.69) is 26.6 Å². The minimum absolute atomic E-state index is 0.0321. The van der Waals surface area contributed by atoms with Gasteiger partial charge in [0.15, 0.2) is 0 Å². The van der Waals surface area contributed by atoms with Crippen LogP contribution in [0, 0.1) is 12.8 Å². The highest BCUT2D eigenvalue weighted by Crippen LogP contribution is 2.34. The lowest BCUT2D eigenvalue weighted by Gasteiger charge is -2.17. The fraction of sp³-hybridized carbons (Fsp3) is 0.429. The normalized spacial score (nSPS) is 15.5. The highest BCUT2D eigenvalue weighted by molar-refractivity contribution is 9.10. The fourth-order valence-electron chi connectivity index (χ4n) is 2.17. The first-order valence-corrected chi connectivity index (χ1v) is 7.30. The Balaban J connectivity index is 1.95. The number of hydrogen-bond donors (Lipinski definition) is 3. The lowest BCUT2D eigenvalue weighted by atomic mass is 10.1. The number of halogens is 1. The molecule has 1 unspecified atom stereocenters. The number of urea groups is 1. The number of carbonyl (C=O) groups excluding carboxylic acids is 1. The van der Waals surface area contributed by atoms with Crippen molar-refractivity contribution in [1.82, 2.24) is 5.32 Å². The van der Waals surface area contributed by atoms with Crippen LogP contribution < -0.4 is 10.6 Å². The van der Waals surface area contributed by atoms with Crippen LogP contribution >= 0.6 is 15.9 Å². The van der Waals surface area contributed by atoms with Gasteiger partial charge in [-0.15, -0.1) is 0 Å². The number of hydrogen-bond acceptors (Lipinski definition) is 2. The van der Waals surface area contributed by atoms with Gasteiger partial charge < -0.3 is 15.7 Å². The fourth-order valence-corrected chi connectivity index (χ4v) is 2.77. The molecule has 2 amide bonds. The first kappa shape index (κ1) is 14.8. The Labute approximate surface area is 125 Å². The molecule has 1 aliphatic carbocycles. The van der Waals surface area contributed by atoms with Crippen molar-refractivity contribution in [3.05, 3.63) is 28.2 Å². The molecule has 0 saturated heterocycles. The topological polar surface area (TPSA) is 78.4 Å². The quantitative estimate of drug-likeness (QED) is 0.770. The molecule has 0 bridgehead atoms. The van der Waals surface area contributed by atoms with Crippen LogP contribution in [-0.4, -0.2) is 23.1 Å². The molecule has 0 radical (unpaired) electrons. The average Bonchev–Trinajstić information content (AvgIpc) is 3.08. The summed E-state index contributed by atoms with van der Waals surface area (Å²) < 4.78 is 0.886. The van der Waals surface area contributed by atoms with Crippen LogP contribution in [0.25, 0.3) is 0 Å². The number of benzene rings is 1. The standard InChI is InChI=1S/C14H17BrN2O3/c1-8-4-10(15)6-11(5-8)16-14(20)17-12(7-13(18)19)9-2-3-9/h4-6,9,12H,2-3,7H2,1H3,(H,18,19)(H2,16,17,20). The molecule has 1 saturated carbocycles. The van der Waals surface area contributed by atoms with Gasteiger partial charge in [-0.05, 0) is 49.4 Å². The summed E-state index contributed by atoms with van der Waals surface area (Å²) in [6.45, 7) is 1.94. The van der Waals surface area contributed by atoms with E-state index in [1.54, 1.807) is 6.07 Å². The first-order chi connectivity index (χ1) is 9.44. The van der Waals surface area contributed by atoms with Gasteiger partial charge in [0.1, 0.15) is 0 Å². The molecule has 1 fully saturated rings. The molecule has 108 valence electrons. The molecular weight excluding hydrogens is 324 g/mol. The molecule has 1 aromatic carbocycles. The Bertz CT molecular complexity index is 509. The van der Waals surface area contributed by atoms with E-state index in [0.29, 0.717) is 11.6 Å². The van der Waals surface area contributed by atoms with Crippen molar-refractivity contribution in [1.29, 1.82) is 0 Å². The van der Waals surface area contributed by atoms with Gasteiger partial charge >= 0.3 is 12.0 Å². The highest BCUT2D eigenvalue weighted by Gasteiger charge is 2.33. The Morgan fingerprint density at radius 3 is 2.65 bits per heavy atom. The van der Waals surface area contributed by atoms with E-state index in [0.717, 1.165) is 22.9 Å². The molecule has 6 heteroatoms. The van der Waals surface area contributed by atoms with Gasteiger partial charge in [0.2, 0.25) is 0 Å². The molecule has 0 aromatic heterocycles. The zero-order valence-corrected chi connectivity index (χ0v) is 12.7. The minimum Gasteiger partial charge on any atom is -0.481 e. The Kier molecular flexibility index (Phi) is 4.65. The van der Waals surface area contributed by atoms with Gasteiger partial charge in [0.25, 0.3) is 0 Å².